The van der Waals surface area contributed by atoms with E-state index in [1.807, 2.05) is 0 Å². The van der Waals surface area contributed by atoms with E-state index in [0.29, 0.717) is 5.54 Å². The number of halogens is 1. The van der Waals surface area contributed by atoms with Crippen molar-refractivity contribution in [3.8, 4) is 0 Å². The fraction of sp³-hybridized carbons (Fsp3) is 1.00. The zero-order chi connectivity index (χ0) is 7.19. The monoisotopic (exact) mass is 252 g/mol. The fourth-order valence-corrected chi connectivity index (χ4v) is 3.06. The maximum absolute atomic E-state index is 2.50. The molecule has 0 bridgehead atoms. The number of nitrogens with zero attached hydrogens (tertiary/aromatic N) is 2. The van der Waals surface area contributed by atoms with Crippen molar-refractivity contribution in [2.24, 2.45) is 0 Å². The van der Waals surface area contributed by atoms with Crippen molar-refractivity contribution in [2.45, 2.75) is 18.4 Å². The molecule has 0 atom stereocenters. The van der Waals surface area contributed by atoms with E-state index in [1.54, 1.807) is 0 Å². The first-order chi connectivity index (χ1) is 4.73. The van der Waals surface area contributed by atoms with Crippen LogP contribution in [0.5, 0.6) is 0 Å². The number of likely N-dealkylation sites (N-methyl/N-ethyl adjacent to an activating group) is 1. The van der Waals surface area contributed by atoms with Crippen molar-refractivity contribution in [2.75, 3.05) is 26.7 Å². The molecular formula is C7H13IN2. The molecule has 3 heteroatoms. The SMILES string of the molecule is CN1CC2(CCCN2I)C1. The lowest BCUT2D eigenvalue weighted by molar-refractivity contribution is 0.0453. The van der Waals surface area contributed by atoms with Crippen molar-refractivity contribution < 1.29 is 0 Å². The Morgan fingerprint density at radius 3 is 2.50 bits per heavy atom. The Bertz CT molecular complexity index is 143. The molecular weight excluding hydrogens is 239 g/mol. The molecule has 0 aromatic rings. The molecule has 2 fully saturated rings. The van der Waals surface area contributed by atoms with Crippen LogP contribution in [-0.4, -0.2) is 40.2 Å². The molecule has 10 heavy (non-hydrogen) atoms. The highest BCUT2D eigenvalue weighted by molar-refractivity contribution is 14.1. The molecule has 2 heterocycles. The normalized spacial score (nSPS) is 33.0. The Hall–Kier alpha value is 0.650. The molecule has 2 aliphatic rings. The van der Waals surface area contributed by atoms with Crippen molar-refractivity contribution in [3.63, 3.8) is 0 Å². The Morgan fingerprint density at radius 2 is 2.10 bits per heavy atom. The summed E-state index contributed by atoms with van der Waals surface area (Å²) >= 11 is 2.48. The Balaban J connectivity index is 2.03. The average Bonchev–Trinajstić information content (AvgIpc) is 2.12. The van der Waals surface area contributed by atoms with E-state index in [-0.39, 0.29) is 0 Å². The molecule has 58 valence electrons. The molecule has 2 rings (SSSR count). The van der Waals surface area contributed by atoms with Crippen LogP contribution < -0.4 is 0 Å². The summed E-state index contributed by atoms with van der Waals surface area (Å²) in [6.45, 7) is 3.88. The van der Waals surface area contributed by atoms with Crippen LogP contribution in [0.3, 0.4) is 0 Å². The van der Waals surface area contributed by atoms with E-state index in [2.05, 4.69) is 37.9 Å². The summed E-state index contributed by atoms with van der Waals surface area (Å²) in [5.74, 6) is 0. The van der Waals surface area contributed by atoms with Gasteiger partial charge < -0.3 is 4.90 Å². The standard InChI is InChI=1S/C7H13IN2/c1-9-5-7(6-9)3-2-4-10(7)8/h2-6H2,1H3. The summed E-state index contributed by atoms with van der Waals surface area (Å²) in [4.78, 5) is 2.40. The molecule has 0 aromatic carbocycles. The number of rotatable bonds is 0. The van der Waals surface area contributed by atoms with E-state index in [0.717, 1.165) is 0 Å². The van der Waals surface area contributed by atoms with Gasteiger partial charge in [0.15, 0.2) is 0 Å². The van der Waals surface area contributed by atoms with Crippen molar-refractivity contribution in [3.05, 3.63) is 0 Å². The van der Waals surface area contributed by atoms with E-state index in [9.17, 15) is 0 Å². The Labute approximate surface area is 76.1 Å². The minimum atomic E-state index is 0.593. The third-order valence-corrected chi connectivity index (χ3v) is 4.15. The summed E-state index contributed by atoms with van der Waals surface area (Å²) in [7, 11) is 2.20. The summed E-state index contributed by atoms with van der Waals surface area (Å²) in [5, 5.41) is 0. The maximum atomic E-state index is 2.50. The van der Waals surface area contributed by atoms with Crippen molar-refractivity contribution in [1.82, 2.24) is 8.01 Å². The third-order valence-electron chi connectivity index (χ3n) is 2.64. The van der Waals surface area contributed by atoms with Gasteiger partial charge in [-0.05, 0) is 19.9 Å². The zero-order valence-electron chi connectivity index (χ0n) is 6.31. The van der Waals surface area contributed by atoms with Gasteiger partial charge in [0.2, 0.25) is 0 Å². The van der Waals surface area contributed by atoms with Gasteiger partial charge >= 0.3 is 0 Å². The highest BCUT2D eigenvalue weighted by Crippen LogP contribution is 2.38. The third kappa shape index (κ3) is 0.905. The van der Waals surface area contributed by atoms with Gasteiger partial charge in [-0.2, -0.15) is 0 Å². The van der Waals surface area contributed by atoms with E-state index in [4.69, 9.17) is 0 Å². The molecule has 0 radical (unpaired) electrons. The molecule has 0 N–H and O–H groups in total. The second-order valence-corrected chi connectivity index (χ2v) is 4.75. The summed E-state index contributed by atoms with van der Waals surface area (Å²) < 4.78 is 2.50. The molecule has 1 spiro atoms. The lowest BCUT2D eigenvalue weighted by Crippen LogP contribution is -2.63. The number of hydrogen-bond donors (Lipinski definition) is 0. The smallest absolute Gasteiger partial charge is 0.0558 e. The van der Waals surface area contributed by atoms with Gasteiger partial charge in [0.05, 0.1) is 5.54 Å². The van der Waals surface area contributed by atoms with E-state index >= 15 is 0 Å². The quantitative estimate of drug-likeness (QED) is 0.471. The fourth-order valence-electron chi connectivity index (χ4n) is 2.18. The molecule has 0 unspecified atom stereocenters. The first-order valence-corrected chi connectivity index (χ1v) is 4.81. The van der Waals surface area contributed by atoms with Gasteiger partial charge in [0.1, 0.15) is 0 Å². The first-order valence-electron chi connectivity index (χ1n) is 3.85. The Kier molecular flexibility index (Phi) is 1.69. The van der Waals surface area contributed by atoms with Crippen molar-refractivity contribution in [1.29, 1.82) is 0 Å². The lowest BCUT2D eigenvalue weighted by Gasteiger charge is -2.49. The van der Waals surface area contributed by atoms with Gasteiger partial charge in [0.25, 0.3) is 0 Å². The van der Waals surface area contributed by atoms with Crippen LogP contribution in [0, 0.1) is 0 Å². The van der Waals surface area contributed by atoms with Crippen LogP contribution in [0.25, 0.3) is 0 Å². The number of hydrogen-bond acceptors (Lipinski definition) is 2. The van der Waals surface area contributed by atoms with Crippen LogP contribution in [0.2, 0.25) is 0 Å². The second-order valence-electron chi connectivity index (χ2n) is 3.59. The number of likely N-dealkylation sites (tertiary alicyclic amines) is 1. The van der Waals surface area contributed by atoms with E-state index in [1.165, 1.54) is 32.5 Å². The summed E-state index contributed by atoms with van der Waals surface area (Å²) in [5.41, 5.74) is 0.593. The topological polar surface area (TPSA) is 6.48 Å². The van der Waals surface area contributed by atoms with Gasteiger partial charge in [-0.15, -0.1) is 0 Å². The van der Waals surface area contributed by atoms with Crippen LogP contribution >= 0.6 is 22.9 Å². The largest absolute Gasteiger partial charge is 0.303 e. The van der Waals surface area contributed by atoms with Gasteiger partial charge in [-0.25, -0.2) is 3.11 Å². The average molecular weight is 252 g/mol. The highest BCUT2D eigenvalue weighted by atomic mass is 127. The lowest BCUT2D eigenvalue weighted by atomic mass is 9.89. The van der Waals surface area contributed by atoms with Crippen LogP contribution in [0.15, 0.2) is 0 Å². The zero-order valence-corrected chi connectivity index (χ0v) is 8.47. The molecule has 2 aliphatic heterocycles. The second kappa shape index (κ2) is 2.32. The van der Waals surface area contributed by atoms with Crippen LogP contribution in [0.1, 0.15) is 12.8 Å². The molecule has 0 aromatic heterocycles. The summed E-state index contributed by atoms with van der Waals surface area (Å²) in [6, 6.07) is 0. The first kappa shape index (κ1) is 7.31. The Morgan fingerprint density at radius 1 is 1.40 bits per heavy atom. The van der Waals surface area contributed by atoms with Gasteiger partial charge in [-0.3, -0.25) is 0 Å². The van der Waals surface area contributed by atoms with Crippen LogP contribution in [0.4, 0.5) is 0 Å². The molecule has 0 saturated carbocycles. The minimum Gasteiger partial charge on any atom is -0.303 e. The maximum Gasteiger partial charge on any atom is 0.0558 e. The minimum absolute atomic E-state index is 0.593. The molecule has 2 nitrogen and oxygen atoms in total. The summed E-state index contributed by atoms with van der Waals surface area (Å²) in [6.07, 6.45) is 2.82. The molecule has 0 aliphatic carbocycles. The van der Waals surface area contributed by atoms with Gasteiger partial charge in [0, 0.05) is 42.5 Å². The predicted molar refractivity (Wildman–Crippen MR) is 50.2 cm³/mol. The highest BCUT2D eigenvalue weighted by Gasteiger charge is 2.47. The van der Waals surface area contributed by atoms with E-state index < -0.39 is 0 Å². The predicted octanol–water partition coefficient (Wildman–Crippen LogP) is 1.12. The molecule has 0 amide bonds. The molecule has 2 saturated heterocycles. The van der Waals surface area contributed by atoms with Crippen LogP contribution in [-0.2, 0) is 0 Å². The van der Waals surface area contributed by atoms with Crippen molar-refractivity contribution >= 4 is 22.9 Å². The van der Waals surface area contributed by atoms with Gasteiger partial charge in [-0.1, -0.05) is 0 Å².